The van der Waals surface area contributed by atoms with Gasteiger partial charge in [-0.15, -0.1) is 0 Å². The molecule has 0 aliphatic rings. The molecule has 21 heavy (non-hydrogen) atoms. The van der Waals surface area contributed by atoms with Crippen LogP contribution in [0.15, 0.2) is 29.4 Å². The van der Waals surface area contributed by atoms with Gasteiger partial charge in [-0.25, -0.2) is 0 Å². The number of ether oxygens (including phenoxy) is 2. The van der Waals surface area contributed by atoms with Crippen molar-refractivity contribution in [1.29, 1.82) is 0 Å². The molecule has 0 fully saturated rings. The Labute approximate surface area is 126 Å². The Morgan fingerprint density at radius 2 is 1.95 bits per heavy atom. The SMILES string of the molecule is COCCN(Cc1ccc(C(N)=NO)cc1)C(C)COC. The summed E-state index contributed by atoms with van der Waals surface area (Å²) in [6.45, 7) is 5.11. The summed E-state index contributed by atoms with van der Waals surface area (Å²) in [5, 5.41) is 11.7. The monoisotopic (exact) mass is 295 g/mol. The van der Waals surface area contributed by atoms with E-state index < -0.39 is 0 Å². The van der Waals surface area contributed by atoms with Crippen LogP contribution in [-0.4, -0.2) is 56.0 Å². The van der Waals surface area contributed by atoms with Crippen molar-refractivity contribution in [1.82, 2.24) is 4.90 Å². The van der Waals surface area contributed by atoms with Crippen LogP contribution in [0.3, 0.4) is 0 Å². The van der Waals surface area contributed by atoms with Gasteiger partial charge in [0.1, 0.15) is 0 Å². The molecule has 6 nitrogen and oxygen atoms in total. The summed E-state index contributed by atoms with van der Waals surface area (Å²) < 4.78 is 10.4. The summed E-state index contributed by atoms with van der Waals surface area (Å²) in [5.74, 6) is 0.116. The highest BCUT2D eigenvalue weighted by Gasteiger charge is 2.14. The number of oxime groups is 1. The number of hydrogen-bond acceptors (Lipinski definition) is 5. The van der Waals surface area contributed by atoms with Crippen LogP contribution in [0, 0.1) is 0 Å². The second-order valence-electron chi connectivity index (χ2n) is 4.95. The number of nitrogens with zero attached hydrogens (tertiary/aromatic N) is 2. The van der Waals surface area contributed by atoms with Crippen LogP contribution in [0.25, 0.3) is 0 Å². The van der Waals surface area contributed by atoms with E-state index in [1.165, 1.54) is 0 Å². The number of benzene rings is 1. The van der Waals surface area contributed by atoms with Crippen LogP contribution in [0.5, 0.6) is 0 Å². The maximum absolute atomic E-state index is 8.66. The molecule has 0 bridgehead atoms. The first-order chi connectivity index (χ1) is 10.1. The van der Waals surface area contributed by atoms with Crippen molar-refractivity contribution < 1.29 is 14.7 Å². The van der Waals surface area contributed by atoms with Crippen LogP contribution in [0.4, 0.5) is 0 Å². The van der Waals surface area contributed by atoms with Gasteiger partial charge in [-0.3, -0.25) is 4.90 Å². The fraction of sp³-hybridized carbons (Fsp3) is 0.533. The summed E-state index contributed by atoms with van der Waals surface area (Å²) in [5.41, 5.74) is 7.42. The van der Waals surface area contributed by atoms with E-state index in [-0.39, 0.29) is 5.84 Å². The van der Waals surface area contributed by atoms with E-state index in [0.717, 1.165) is 18.7 Å². The number of amidine groups is 1. The lowest BCUT2D eigenvalue weighted by Gasteiger charge is -2.28. The molecule has 1 aromatic carbocycles. The first-order valence-corrected chi connectivity index (χ1v) is 6.91. The van der Waals surface area contributed by atoms with Gasteiger partial charge in [0.15, 0.2) is 5.84 Å². The lowest BCUT2D eigenvalue weighted by atomic mass is 10.1. The van der Waals surface area contributed by atoms with Crippen molar-refractivity contribution in [3.8, 4) is 0 Å². The molecular weight excluding hydrogens is 270 g/mol. The van der Waals surface area contributed by atoms with Gasteiger partial charge in [-0.05, 0) is 12.5 Å². The average Bonchev–Trinajstić information content (AvgIpc) is 2.51. The van der Waals surface area contributed by atoms with E-state index in [2.05, 4.69) is 17.0 Å². The number of rotatable bonds is 9. The van der Waals surface area contributed by atoms with Crippen LogP contribution in [0.2, 0.25) is 0 Å². The highest BCUT2D eigenvalue weighted by molar-refractivity contribution is 5.96. The minimum Gasteiger partial charge on any atom is -0.409 e. The van der Waals surface area contributed by atoms with Crippen LogP contribution >= 0.6 is 0 Å². The normalized spacial score (nSPS) is 13.6. The highest BCUT2D eigenvalue weighted by atomic mass is 16.5. The quantitative estimate of drug-likeness (QED) is 0.310. The highest BCUT2D eigenvalue weighted by Crippen LogP contribution is 2.10. The molecule has 1 rings (SSSR count). The Morgan fingerprint density at radius 3 is 2.48 bits per heavy atom. The van der Waals surface area contributed by atoms with Gasteiger partial charge in [0.05, 0.1) is 13.2 Å². The van der Waals surface area contributed by atoms with E-state index in [0.29, 0.717) is 24.8 Å². The molecule has 6 heteroatoms. The summed E-state index contributed by atoms with van der Waals surface area (Å²) in [4.78, 5) is 2.30. The topological polar surface area (TPSA) is 80.3 Å². The van der Waals surface area contributed by atoms with Crippen molar-refractivity contribution in [2.45, 2.75) is 19.5 Å². The lowest BCUT2D eigenvalue weighted by Crippen LogP contribution is -2.38. The van der Waals surface area contributed by atoms with Gasteiger partial charge in [0.25, 0.3) is 0 Å². The van der Waals surface area contributed by atoms with Gasteiger partial charge < -0.3 is 20.4 Å². The molecule has 0 aliphatic heterocycles. The van der Waals surface area contributed by atoms with E-state index in [1.807, 2.05) is 24.3 Å². The standard InChI is InChI=1S/C15H25N3O3/c1-12(11-21-3)18(8-9-20-2)10-13-4-6-14(7-5-13)15(16)17-19/h4-7,12,19H,8-11H2,1-3H3,(H2,16,17). The van der Waals surface area contributed by atoms with Gasteiger partial charge in [0.2, 0.25) is 0 Å². The van der Waals surface area contributed by atoms with Crippen molar-refractivity contribution in [3.63, 3.8) is 0 Å². The Morgan fingerprint density at radius 1 is 1.29 bits per heavy atom. The third-order valence-electron chi connectivity index (χ3n) is 3.36. The zero-order valence-corrected chi connectivity index (χ0v) is 13.0. The minimum atomic E-state index is 0.116. The molecule has 1 unspecified atom stereocenters. The van der Waals surface area contributed by atoms with E-state index >= 15 is 0 Å². The van der Waals surface area contributed by atoms with Crippen LogP contribution in [0.1, 0.15) is 18.1 Å². The second-order valence-corrected chi connectivity index (χ2v) is 4.95. The molecule has 1 atom stereocenters. The van der Waals surface area contributed by atoms with E-state index in [9.17, 15) is 0 Å². The maximum Gasteiger partial charge on any atom is 0.170 e. The fourth-order valence-electron chi connectivity index (χ4n) is 2.08. The molecule has 0 spiro atoms. The summed E-state index contributed by atoms with van der Waals surface area (Å²) >= 11 is 0. The molecule has 3 N–H and O–H groups in total. The zero-order chi connectivity index (χ0) is 15.7. The molecule has 1 aromatic rings. The van der Waals surface area contributed by atoms with Crippen molar-refractivity contribution in [3.05, 3.63) is 35.4 Å². The molecular formula is C15H25N3O3. The van der Waals surface area contributed by atoms with Gasteiger partial charge >= 0.3 is 0 Å². The van der Waals surface area contributed by atoms with E-state index in [4.69, 9.17) is 20.4 Å². The number of hydrogen-bond donors (Lipinski definition) is 2. The minimum absolute atomic E-state index is 0.116. The molecule has 0 saturated heterocycles. The largest absolute Gasteiger partial charge is 0.409 e. The Bertz CT molecular complexity index is 434. The number of methoxy groups -OCH3 is 2. The van der Waals surface area contributed by atoms with Crippen LogP contribution < -0.4 is 5.73 Å². The Balaban J connectivity index is 2.73. The summed E-state index contributed by atoms with van der Waals surface area (Å²) in [7, 11) is 3.40. The molecule has 118 valence electrons. The van der Waals surface area contributed by atoms with Crippen molar-refractivity contribution in [2.75, 3.05) is 34.0 Å². The second kappa shape index (κ2) is 9.33. The van der Waals surface area contributed by atoms with Crippen molar-refractivity contribution in [2.24, 2.45) is 10.9 Å². The number of nitrogens with two attached hydrogens (primary N) is 1. The first kappa shape index (κ1) is 17.4. The Hall–Kier alpha value is -1.63. The molecule has 0 radical (unpaired) electrons. The first-order valence-electron chi connectivity index (χ1n) is 6.91. The molecule has 0 amide bonds. The molecule has 0 aromatic heterocycles. The predicted molar refractivity (Wildman–Crippen MR) is 82.6 cm³/mol. The summed E-state index contributed by atoms with van der Waals surface area (Å²) in [6, 6.07) is 7.95. The zero-order valence-electron chi connectivity index (χ0n) is 13.0. The maximum atomic E-state index is 8.66. The molecule has 0 saturated carbocycles. The van der Waals surface area contributed by atoms with E-state index in [1.54, 1.807) is 14.2 Å². The third-order valence-corrected chi connectivity index (χ3v) is 3.36. The Kier molecular flexibility index (Phi) is 7.74. The average molecular weight is 295 g/mol. The fourth-order valence-corrected chi connectivity index (χ4v) is 2.08. The van der Waals surface area contributed by atoms with Crippen molar-refractivity contribution >= 4 is 5.84 Å². The van der Waals surface area contributed by atoms with Crippen LogP contribution in [-0.2, 0) is 16.0 Å². The molecule has 0 heterocycles. The van der Waals surface area contributed by atoms with Gasteiger partial charge in [-0.1, -0.05) is 29.4 Å². The summed E-state index contributed by atoms with van der Waals surface area (Å²) in [6.07, 6.45) is 0. The predicted octanol–water partition coefficient (Wildman–Crippen LogP) is 1.26. The smallest absolute Gasteiger partial charge is 0.170 e. The third kappa shape index (κ3) is 5.71. The van der Waals surface area contributed by atoms with Gasteiger partial charge in [-0.2, -0.15) is 0 Å². The van der Waals surface area contributed by atoms with Gasteiger partial charge in [0, 0.05) is 38.9 Å². The lowest BCUT2D eigenvalue weighted by molar-refractivity contribution is 0.0705. The molecule has 0 aliphatic carbocycles.